The Morgan fingerprint density at radius 2 is 2.03 bits per heavy atom. The number of benzene rings is 2. The number of H-pyrrole nitrogens is 1. The summed E-state index contributed by atoms with van der Waals surface area (Å²) >= 11 is 6.22. The van der Waals surface area contributed by atoms with Crippen LogP contribution in [0.4, 0.5) is 0 Å². The molecule has 1 aliphatic heterocycles. The van der Waals surface area contributed by atoms with Gasteiger partial charge in [0.05, 0.1) is 23.0 Å². The van der Waals surface area contributed by atoms with Crippen molar-refractivity contribution in [2.75, 3.05) is 13.7 Å². The fourth-order valence-electron chi connectivity index (χ4n) is 5.35. The quantitative estimate of drug-likeness (QED) is 0.673. The van der Waals surface area contributed by atoms with Gasteiger partial charge in [0.2, 0.25) is 0 Å². The molecule has 0 bridgehead atoms. The summed E-state index contributed by atoms with van der Waals surface area (Å²) in [5.41, 5.74) is 2.45. The summed E-state index contributed by atoms with van der Waals surface area (Å²) in [6, 6.07) is 11.7. The van der Waals surface area contributed by atoms with E-state index in [9.17, 15) is 9.59 Å². The highest BCUT2D eigenvalue weighted by Crippen LogP contribution is 2.44. The Morgan fingerprint density at radius 1 is 1.20 bits per heavy atom. The van der Waals surface area contributed by atoms with Crippen LogP contribution in [0.2, 0.25) is 5.02 Å². The molecule has 156 valence electrons. The number of nitrogens with zero attached hydrogens (tertiary/aromatic N) is 1. The first kappa shape index (κ1) is 19.4. The number of hydrogen-bond acceptors (Lipinski definition) is 4. The maximum Gasteiger partial charge on any atom is 0.328 e. The van der Waals surface area contributed by atoms with E-state index in [-0.39, 0.29) is 17.3 Å². The maximum atomic E-state index is 12.9. The topological polar surface area (TPSA) is 76.1 Å². The molecule has 1 aromatic heterocycles. The number of hydrogen-bond donors (Lipinski definition) is 2. The first-order valence-corrected chi connectivity index (χ1v) is 10.8. The van der Waals surface area contributed by atoms with Gasteiger partial charge in [-0.3, -0.25) is 9.36 Å². The molecular weight excluding hydrogens is 402 g/mol. The Labute approximate surface area is 178 Å². The molecule has 1 unspecified atom stereocenters. The molecule has 2 heterocycles. The van der Waals surface area contributed by atoms with Gasteiger partial charge in [-0.1, -0.05) is 29.8 Å². The summed E-state index contributed by atoms with van der Waals surface area (Å²) in [4.78, 5) is 28.2. The van der Waals surface area contributed by atoms with Crippen LogP contribution in [-0.4, -0.2) is 29.2 Å². The van der Waals surface area contributed by atoms with E-state index < -0.39 is 0 Å². The van der Waals surface area contributed by atoms with Crippen LogP contribution in [0.3, 0.4) is 0 Å². The minimum atomic E-state index is -0.386. The van der Waals surface area contributed by atoms with Crippen molar-refractivity contribution < 1.29 is 4.74 Å². The minimum absolute atomic E-state index is 0.266. The van der Waals surface area contributed by atoms with Gasteiger partial charge in [0, 0.05) is 25.0 Å². The summed E-state index contributed by atoms with van der Waals surface area (Å²) in [5.74, 6) is 1.90. The van der Waals surface area contributed by atoms with Gasteiger partial charge in [0.15, 0.2) is 0 Å². The molecule has 0 spiro atoms. The van der Waals surface area contributed by atoms with Gasteiger partial charge >= 0.3 is 5.69 Å². The molecule has 2 aliphatic rings. The van der Waals surface area contributed by atoms with Crippen LogP contribution in [0, 0.1) is 5.92 Å². The second-order valence-corrected chi connectivity index (χ2v) is 8.60. The molecule has 0 amide bonds. The van der Waals surface area contributed by atoms with Crippen molar-refractivity contribution >= 4 is 22.5 Å². The summed E-state index contributed by atoms with van der Waals surface area (Å²) in [6.07, 6.45) is 2.79. The first-order chi connectivity index (χ1) is 14.6. The van der Waals surface area contributed by atoms with Crippen molar-refractivity contribution in [2.24, 2.45) is 5.92 Å². The molecule has 0 saturated carbocycles. The molecule has 5 rings (SSSR count). The normalized spacial score (nSPS) is 22.7. The number of rotatable bonds is 4. The number of halogens is 1. The number of aromatic amines is 1. The van der Waals surface area contributed by atoms with Crippen LogP contribution < -0.4 is 21.3 Å². The molecule has 1 aliphatic carbocycles. The number of methoxy groups -OCH3 is 1. The molecule has 2 N–H and O–H groups in total. The van der Waals surface area contributed by atoms with Crippen LogP contribution in [-0.2, 0) is 13.0 Å². The zero-order chi connectivity index (χ0) is 20.8. The van der Waals surface area contributed by atoms with Gasteiger partial charge in [0.25, 0.3) is 5.56 Å². The Balaban J connectivity index is 1.39. The van der Waals surface area contributed by atoms with E-state index in [0.717, 1.165) is 31.6 Å². The van der Waals surface area contributed by atoms with Crippen LogP contribution in [0.5, 0.6) is 5.75 Å². The molecular formula is C23H24ClN3O3. The maximum absolute atomic E-state index is 12.9. The summed E-state index contributed by atoms with van der Waals surface area (Å²) in [6.45, 7) is 1.27. The van der Waals surface area contributed by atoms with Crippen LogP contribution in [0.1, 0.15) is 29.9 Å². The fraction of sp³-hybridized carbons (Fsp3) is 0.391. The van der Waals surface area contributed by atoms with Gasteiger partial charge in [-0.25, -0.2) is 4.79 Å². The summed E-state index contributed by atoms with van der Waals surface area (Å²) < 4.78 is 6.84. The Morgan fingerprint density at radius 3 is 2.87 bits per heavy atom. The van der Waals surface area contributed by atoms with Gasteiger partial charge in [-0.05, 0) is 54.5 Å². The highest BCUT2D eigenvalue weighted by atomic mass is 35.5. The predicted octanol–water partition coefficient (Wildman–Crippen LogP) is 3.06. The highest BCUT2D eigenvalue weighted by Gasteiger charge is 2.40. The van der Waals surface area contributed by atoms with E-state index in [1.807, 2.05) is 6.07 Å². The average Bonchev–Trinajstić information content (AvgIpc) is 3.16. The largest absolute Gasteiger partial charge is 0.496 e. The van der Waals surface area contributed by atoms with Gasteiger partial charge < -0.3 is 15.0 Å². The van der Waals surface area contributed by atoms with E-state index in [1.54, 1.807) is 25.3 Å². The molecule has 3 atom stereocenters. The third-order valence-electron chi connectivity index (χ3n) is 6.77. The van der Waals surface area contributed by atoms with Crippen LogP contribution >= 0.6 is 11.6 Å². The van der Waals surface area contributed by atoms with E-state index >= 15 is 0 Å². The monoisotopic (exact) mass is 425 g/mol. The predicted molar refractivity (Wildman–Crippen MR) is 118 cm³/mol. The lowest BCUT2D eigenvalue weighted by Crippen LogP contribution is -2.38. The van der Waals surface area contributed by atoms with Crippen LogP contribution in [0.15, 0.2) is 46.0 Å². The summed E-state index contributed by atoms with van der Waals surface area (Å²) in [5, 5.41) is 4.37. The van der Waals surface area contributed by atoms with Gasteiger partial charge in [0.1, 0.15) is 5.75 Å². The third-order valence-corrected chi connectivity index (χ3v) is 7.09. The Bertz CT molecular complexity index is 1230. The number of nitrogens with one attached hydrogen (secondary N) is 2. The molecule has 3 aromatic rings. The van der Waals surface area contributed by atoms with E-state index in [0.29, 0.717) is 34.3 Å². The Hall–Kier alpha value is -2.57. The van der Waals surface area contributed by atoms with Gasteiger partial charge in [-0.2, -0.15) is 0 Å². The smallest absolute Gasteiger partial charge is 0.328 e. The van der Waals surface area contributed by atoms with Crippen molar-refractivity contribution in [3.63, 3.8) is 0 Å². The molecule has 1 fully saturated rings. The fourth-order valence-corrected chi connectivity index (χ4v) is 5.60. The molecule has 2 aromatic carbocycles. The standard InChI is InChI=1S/C23H24ClN3O3/c1-30-20-7-2-4-13-15(20)9-8-14-16(13)12-25-18(14)10-11-27-22(28)21-17(24)5-3-6-19(21)26-23(27)29/h2-7,14,16,18,25H,8-12H2,1H3,(H,26,29)/t14-,16+,18?/m1/s1. The van der Waals surface area contributed by atoms with Crippen molar-refractivity contribution in [3.8, 4) is 5.75 Å². The zero-order valence-corrected chi connectivity index (χ0v) is 17.5. The molecule has 1 saturated heterocycles. The summed E-state index contributed by atoms with van der Waals surface area (Å²) in [7, 11) is 1.72. The van der Waals surface area contributed by atoms with E-state index in [1.165, 1.54) is 15.7 Å². The Kier molecular flexibility index (Phi) is 4.91. The first-order valence-electron chi connectivity index (χ1n) is 10.4. The molecule has 30 heavy (non-hydrogen) atoms. The van der Waals surface area contributed by atoms with E-state index in [4.69, 9.17) is 16.3 Å². The number of aromatic nitrogens is 2. The van der Waals surface area contributed by atoms with Crippen molar-refractivity contribution in [1.29, 1.82) is 0 Å². The number of fused-ring (bicyclic) bond motifs is 4. The van der Waals surface area contributed by atoms with Gasteiger partial charge in [-0.15, -0.1) is 0 Å². The molecule has 0 radical (unpaired) electrons. The van der Waals surface area contributed by atoms with E-state index in [2.05, 4.69) is 22.4 Å². The highest BCUT2D eigenvalue weighted by molar-refractivity contribution is 6.35. The molecule has 6 nitrogen and oxygen atoms in total. The lowest BCUT2D eigenvalue weighted by Gasteiger charge is -2.31. The lowest BCUT2D eigenvalue weighted by molar-refractivity contribution is 0.337. The minimum Gasteiger partial charge on any atom is -0.496 e. The SMILES string of the molecule is COc1cccc2c1CC[C@H]1C(CCn3c(=O)[nH]c4cccc(Cl)c4c3=O)NC[C@@H]21. The average molecular weight is 426 g/mol. The lowest BCUT2D eigenvalue weighted by atomic mass is 9.74. The second kappa shape index (κ2) is 7.60. The van der Waals surface area contributed by atoms with Crippen molar-refractivity contribution in [2.45, 2.75) is 37.8 Å². The van der Waals surface area contributed by atoms with Crippen LogP contribution in [0.25, 0.3) is 10.9 Å². The zero-order valence-electron chi connectivity index (χ0n) is 16.8. The number of ether oxygens (including phenoxy) is 1. The third kappa shape index (κ3) is 3.06. The molecule has 7 heteroatoms. The van der Waals surface area contributed by atoms with Crippen molar-refractivity contribution in [3.05, 3.63) is 73.4 Å². The van der Waals surface area contributed by atoms with Crippen molar-refractivity contribution in [1.82, 2.24) is 14.9 Å². The second-order valence-electron chi connectivity index (χ2n) is 8.19.